The van der Waals surface area contributed by atoms with Crippen LogP contribution in [0.25, 0.3) is 0 Å². The van der Waals surface area contributed by atoms with Gasteiger partial charge in [0, 0.05) is 0 Å². The number of primary amides is 1. The van der Waals surface area contributed by atoms with E-state index in [1.54, 1.807) is 31.2 Å². The second kappa shape index (κ2) is 15.1. The molecular formula is C23H34N4O8. The maximum Gasteiger partial charge on any atom is 0.408 e. The minimum absolute atomic E-state index is 0.00524. The summed E-state index contributed by atoms with van der Waals surface area (Å²) in [6, 6.07) is 4.40. The molecule has 1 aromatic rings. The monoisotopic (exact) mass is 494 g/mol. The van der Waals surface area contributed by atoms with Crippen LogP contribution in [0.15, 0.2) is 24.3 Å². The third kappa shape index (κ3) is 11.7. The first kappa shape index (κ1) is 29.2. The van der Waals surface area contributed by atoms with Crippen LogP contribution in [-0.4, -0.2) is 62.1 Å². The van der Waals surface area contributed by atoms with Crippen LogP contribution in [0.1, 0.15) is 39.2 Å². The number of carbonyl (C=O) groups is 5. The minimum Gasteiger partial charge on any atom is -0.497 e. The molecule has 0 fully saturated rings. The largest absolute Gasteiger partial charge is 0.497 e. The summed E-state index contributed by atoms with van der Waals surface area (Å²) < 4.78 is 14.9. The van der Waals surface area contributed by atoms with Gasteiger partial charge in [0.25, 0.3) is 0 Å². The molecule has 12 heteroatoms. The van der Waals surface area contributed by atoms with Crippen molar-refractivity contribution in [3.8, 4) is 5.75 Å². The number of rotatable bonds is 14. The number of amides is 4. The van der Waals surface area contributed by atoms with Gasteiger partial charge in [0.15, 0.2) is 0 Å². The lowest BCUT2D eigenvalue weighted by molar-refractivity contribution is -0.143. The number of methoxy groups -OCH3 is 1. The molecule has 0 heterocycles. The minimum atomic E-state index is -1.37. The molecule has 35 heavy (non-hydrogen) atoms. The van der Waals surface area contributed by atoms with Crippen molar-refractivity contribution in [1.82, 2.24) is 16.0 Å². The van der Waals surface area contributed by atoms with Crippen LogP contribution in [0.4, 0.5) is 4.79 Å². The molecule has 0 aliphatic carbocycles. The average molecular weight is 495 g/mol. The number of hydrogen-bond acceptors (Lipinski definition) is 8. The second-order valence-electron chi connectivity index (χ2n) is 8.01. The standard InChI is InChI=1S/C23H34N4O8/c1-5-34-20(29)12-25-21(30)17(10-14(2)3)26-22(31)18(11-19(24)28)27-23(32)35-13-15-6-8-16(33-4)9-7-15/h6-9,14,17-18H,5,10-13H2,1-4H3,(H2,24,28)(H,25,30)(H,26,31)(H,27,32)/t17-,18-/m0/s1. The van der Waals surface area contributed by atoms with Gasteiger partial charge in [-0.2, -0.15) is 0 Å². The van der Waals surface area contributed by atoms with E-state index in [1.165, 1.54) is 7.11 Å². The van der Waals surface area contributed by atoms with Crippen LogP contribution in [-0.2, 0) is 35.3 Å². The van der Waals surface area contributed by atoms with Crippen LogP contribution < -0.4 is 26.4 Å². The van der Waals surface area contributed by atoms with Gasteiger partial charge in [-0.3, -0.25) is 19.2 Å². The molecule has 0 spiro atoms. The Bertz CT molecular complexity index is 873. The Morgan fingerprint density at radius 2 is 1.60 bits per heavy atom. The fourth-order valence-electron chi connectivity index (χ4n) is 2.93. The molecule has 0 unspecified atom stereocenters. The van der Waals surface area contributed by atoms with Gasteiger partial charge in [-0.05, 0) is 37.0 Å². The molecule has 2 atom stereocenters. The Morgan fingerprint density at radius 1 is 0.943 bits per heavy atom. The summed E-state index contributed by atoms with van der Waals surface area (Å²) in [4.78, 5) is 60.6. The van der Waals surface area contributed by atoms with Gasteiger partial charge in [0.05, 0.1) is 20.1 Å². The summed E-state index contributed by atoms with van der Waals surface area (Å²) in [7, 11) is 1.53. The van der Waals surface area contributed by atoms with Gasteiger partial charge in [0.1, 0.15) is 31.0 Å². The number of ether oxygens (including phenoxy) is 3. The molecule has 1 rings (SSSR count). The first-order valence-electron chi connectivity index (χ1n) is 11.1. The lowest BCUT2D eigenvalue weighted by Gasteiger charge is -2.23. The smallest absolute Gasteiger partial charge is 0.408 e. The highest BCUT2D eigenvalue weighted by Gasteiger charge is 2.29. The van der Waals surface area contributed by atoms with E-state index in [0.717, 1.165) is 0 Å². The van der Waals surface area contributed by atoms with Crippen molar-refractivity contribution in [2.45, 2.75) is 52.3 Å². The molecule has 0 saturated carbocycles. The maximum atomic E-state index is 12.8. The van der Waals surface area contributed by atoms with E-state index in [1.807, 2.05) is 13.8 Å². The zero-order chi connectivity index (χ0) is 26.4. The fraction of sp³-hybridized carbons (Fsp3) is 0.522. The van der Waals surface area contributed by atoms with E-state index in [9.17, 15) is 24.0 Å². The molecular weight excluding hydrogens is 460 g/mol. The topological polar surface area (TPSA) is 175 Å². The second-order valence-corrected chi connectivity index (χ2v) is 8.01. The van der Waals surface area contributed by atoms with Crippen molar-refractivity contribution in [2.75, 3.05) is 20.3 Å². The molecule has 0 bridgehead atoms. The van der Waals surface area contributed by atoms with Gasteiger partial charge in [-0.1, -0.05) is 26.0 Å². The lowest BCUT2D eigenvalue weighted by atomic mass is 10.0. The summed E-state index contributed by atoms with van der Waals surface area (Å²) in [6.45, 7) is 5.02. The first-order chi connectivity index (χ1) is 16.5. The number of hydrogen-bond donors (Lipinski definition) is 4. The van der Waals surface area contributed by atoms with E-state index in [-0.39, 0.29) is 32.1 Å². The number of carbonyl (C=O) groups excluding carboxylic acids is 5. The number of benzene rings is 1. The maximum absolute atomic E-state index is 12.8. The van der Waals surface area contributed by atoms with Crippen molar-refractivity contribution in [2.24, 2.45) is 11.7 Å². The third-order valence-corrected chi connectivity index (χ3v) is 4.60. The molecule has 4 amide bonds. The van der Waals surface area contributed by atoms with Crippen LogP contribution in [0.5, 0.6) is 5.75 Å². The van der Waals surface area contributed by atoms with Gasteiger partial charge in [-0.15, -0.1) is 0 Å². The van der Waals surface area contributed by atoms with Crippen LogP contribution in [0.2, 0.25) is 0 Å². The van der Waals surface area contributed by atoms with E-state index < -0.39 is 48.3 Å². The number of esters is 1. The van der Waals surface area contributed by atoms with Crippen molar-refractivity contribution in [3.63, 3.8) is 0 Å². The highest BCUT2D eigenvalue weighted by atomic mass is 16.5. The fourth-order valence-corrected chi connectivity index (χ4v) is 2.93. The number of nitrogens with two attached hydrogens (primary N) is 1. The zero-order valence-electron chi connectivity index (χ0n) is 20.4. The average Bonchev–Trinajstić information content (AvgIpc) is 2.80. The zero-order valence-corrected chi connectivity index (χ0v) is 20.4. The molecule has 0 aliphatic rings. The van der Waals surface area contributed by atoms with E-state index in [0.29, 0.717) is 11.3 Å². The predicted molar refractivity (Wildman–Crippen MR) is 125 cm³/mol. The molecule has 5 N–H and O–H groups in total. The van der Waals surface area contributed by atoms with Gasteiger partial charge < -0.3 is 35.9 Å². The predicted octanol–water partition coefficient (Wildman–Crippen LogP) is 0.376. The van der Waals surface area contributed by atoms with Gasteiger partial charge in [0.2, 0.25) is 17.7 Å². The van der Waals surface area contributed by atoms with Gasteiger partial charge in [-0.25, -0.2) is 4.79 Å². The molecule has 194 valence electrons. The molecule has 1 aromatic carbocycles. The van der Waals surface area contributed by atoms with Crippen molar-refractivity contribution >= 4 is 29.8 Å². The highest BCUT2D eigenvalue weighted by molar-refractivity contribution is 5.94. The molecule has 0 saturated heterocycles. The van der Waals surface area contributed by atoms with E-state index in [2.05, 4.69) is 16.0 Å². The summed E-state index contributed by atoms with van der Waals surface area (Å²) in [5.41, 5.74) is 5.90. The Kier molecular flexibility index (Phi) is 12.6. The van der Waals surface area contributed by atoms with Crippen molar-refractivity contribution in [3.05, 3.63) is 29.8 Å². The molecule has 12 nitrogen and oxygen atoms in total. The lowest BCUT2D eigenvalue weighted by Crippen LogP contribution is -2.55. The summed E-state index contributed by atoms with van der Waals surface area (Å²) in [5, 5.41) is 7.21. The first-order valence-corrected chi connectivity index (χ1v) is 11.1. The van der Waals surface area contributed by atoms with Crippen molar-refractivity contribution in [1.29, 1.82) is 0 Å². The Balaban J connectivity index is 2.78. The van der Waals surface area contributed by atoms with Crippen molar-refractivity contribution < 1.29 is 38.2 Å². The normalized spacial score (nSPS) is 12.1. The van der Waals surface area contributed by atoms with Crippen LogP contribution >= 0.6 is 0 Å². The Hall–Kier alpha value is -3.83. The summed E-state index contributed by atoms with van der Waals surface area (Å²) in [5.74, 6) is -2.23. The molecule has 0 radical (unpaired) electrons. The quantitative estimate of drug-likeness (QED) is 0.268. The highest BCUT2D eigenvalue weighted by Crippen LogP contribution is 2.12. The molecule has 0 aromatic heterocycles. The van der Waals surface area contributed by atoms with Gasteiger partial charge >= 0.3 is 12.1 Å². The summed E-state index contributed by atoms with van der Waals surface area (Å²) in [6.07, 6.45) is -1.22. The van der Waals surface area contributed by atoms with E-state index >= 15 is 0 Å². The third-order valence-electron chi connectivity index (χ3n) is 4.60. The SMILES string of the molecule is CCOC(=O)CNC(=O)[C@H](CC(C)C)NC(=O)[C@H](CC(N)=O)NC(=O)OCc1ccc(OC)cc1. The van der Waals surface area contributed by atoms with E-state index in [4.69, 9.17) is 19.9 Å². The Morgan fingerprint density at radius 3 is 2.14 bits per heavy atom. The van der Waals surface area contributed by atoms with Crippen LogP contribution in [0.3, 0.4) is 0 Å². The number of nitrogens with one attached hydrogen (secondary N) is 3. The van der Waals surface area contributed by atoms with Crippen LogP contribution in [0, 0.1) is 5.92 Å². The Labute approximate surface area is 204 Å². The molecule has 0 aliphatic heterocycles. The summed E-state index contributed by atoms with van der Waals surface area (Å²) >= 11 is 0. The number of alkyl carbamates (subject to hydrolysis) is 1.